The third-order valence-corrected chi connectivity index (χ3v) is 4.52. The molecule has 2 N–H and O–H groups in total. The molecule has 7 heteroatoms. The van der Waals surface area contributed by atoms with Crippen LogP contribution in [0.2, 0.25) is 0 Å². The summed E-state index contributed by atoms with van der Waals surface area (Å²) in [7, 11) is 1.60. The van der Waals surface area contributed by atoms with E-state index in [9.17, 15) is 13.2 Å². The molecule has 1 aromatic rings. The minimum Gasteiger partial charge on any atom is -0.481 e. The Balaban J connectivity index is 3.51. The van der Waals surface area contributed by atoms with Crippen LogP contribution in [0.25, 0.3) is 0 Å². The lowest BCUT2D eigenvalue weighted by atomic mass is 9.86. The first kappa shape index (κ1) is 17.8. The van der Waals surface area contributed by atoms with Gasteiger partial charge in [-0.05, 0) is 37.0 Å². The number of aryl methyl sites for hydroxylation is 1. The first-order valence-electron chi connectivity index (χ1n) is 6.40. The molecule has 0 saturated heterocycles. The van der Waals surface area contributed by atoms with Crippen molar-refractivity contribution in [2.45, 2.75) is 51.0 Å². The van der Waals surface area contributed by atoms with Crippen LogP contribution in [0, 0.1) is 6.92 Å². The Labute approximate surface area is 129 Å². The van der Waals surface area contributed by atoms with E-state index in [1.54, 1.807) is 13.0 Å². The summed E-state index contributed by atoms with van der Waals surface area (Å²) in [5.74, 6) is -0.170. The molecule has 21 heavy (non-hydrogen) atoms. The minimum absolute atomic E-state index is 0.0353. The lowest BCUT2D eigenvalue weighted by Crippen LogP contribution is -2.31. The van der Waals surface area contributed by atoms with Crippen LogP contribution in [0.5, 0.6) is 5.75 Å². The van der Waals surface area contributed by atoms with Crippen LogP contribution in [0.1, 0.15) is 38.8 Å². The average Bonchev–Trinajstić information content (AvgIpc) is 2.25. The van der Waals surface area contributed by atoms with E-state index in [0.29, 0.717) is 16.9 Å². The summed E-state index contributed by atoms with van der Waals surface area (Å²) in [6, 6.07) is 3.05. The van der Waals surface area contributed by atoms with Gasteiger partial charge in [-0.25, -0.2) is 8.42 Å². The number of amides is 1. The van der Waals surface area contributed by atoms with Crippen LogP contribution < -0.4 is 10.5 Å². The van der Waals surface area contributed by atoms with Gasteiger partial charge in [0.2, 0.25) is 0 Å². The van der Waals surface area contributed by atoms with Gasteiger partial charge in [0.1, 0.15) is 5.75 Å². The first-order chi connectivity index (χ1) is 9.34. The fraction of sp³-hybridized carbons (Fsp3) is 0.500. The van der Waals surface area contributed by atoms with Gasteiger partial charge in [-0.2, -0.15) is 0 Å². The van der Waals surface area contributed by atoms with Crippen LogP contribution in [-0.4, -0.2) is 20.4 Å². The third kappa shape index (κ3) is 4.35. The Morgan fingerprint density at radius 3 is 2.24 bits per heavy atom. The van der Waals surface area contributed by atoms with E-state index >= 15 is 0 Å². The standard InChI is InChI=1S/C14H20ClNO4S/c1-8-6-11(20-9(2)13(16)17)10(14(3,4)5)7-12(8)21(15,18)19/h6-7,9H,1-5H3,(H2,16,17). The van der Waals surface area contributed by atoms with E-state index in [4.69, 9.17) is 21.2 Å². The number of benzene rings is 1. The van der Waals surface area contributed by atoms with E-state index < -0.39 is 26.5 Å². The summed E-state index contributed by atoms with van der Waals surface area (Å²) >= 11 is 0. The molecule has 0 saturated carbocycles. The number of hydrogen-bond acceptors (Lipinski definition) is 4. The fourth-order valence-corrected chi connectivity index (χ4v) is 3.06. The third-order valence-electron chi connectivity index (χ3n) is 3.05. The van der Waals surface area contributed by atoms with Gasteiger partial charge in [-0.15, -0.1) is 0 Å². The van der Waals surface area contributed by atoms with Crippen LogP contribution in [0.15, 0.2) is 17.0 Å². The summed E-state index contributed by atoms with van der Waals surface area (Å²) < 4.78 is 28.8. The molecule has 0 aliphatic heterocycles. The number of ether oxygens (including phenoxy) is 1. The molecule has 0 aliphatic carbocycles. The molecular weight excluding hydrogens is 314 g/mol. The smallest absolute Gasteiger partial charge is 0.261 e. The number of carbonyl (C=O) groups excluding carboxylic acids is 1. The second-order valence-corrected chi connectivity index (χ2v) is 8.50. The van der Waals surface area contributed by atoms with Crippen molar-refractivity contribution in [2.75, 3.05) is 0 Å². The van der Waals surface area contributed by atoms with Gasteiger partial charge in [-0.3, -0.25) is 4.79 Å². The number of primary amides is 1. The SMILES string of the molecule is Cc1cc(OC(C)C(N)=O)c(C(C)(C)C)cc1S(=O)(=O)Cl. The number of halogens is 1. The Bertz CT molecular complexity index is 662. The van der Waals surface area contributed by atoms with Crippen LogP contribution in [0.3, 0.4) is 0 Å². The van der Waals surface area contributed by atoms with Gasteiger partial charge in [0.15, 0.2) is 6.10 Å². The summed E-state index contributed by atoms with van der Waals surface area (Å²) in [5.41, 5.74) is 5.90. The lowest BCUT2D eigenvalue weighted by molar-refractivity contribution is -0.124. The molecule has 0 bridgehead atoms. The number of carbonyl (C=O) groups is 1. The molecule has 0 radical (unpaired) electrons. The molecule has 0 heterocycles. The van der Waals surface area contributed by atoms with Crippen molar-refractivity contribution in [2.24, 2.45) is 5.73 Å². The maximum Gasteiger partial charge on any atom is 0.261 e. The predicted molar refractivity (Wildman–Crippen MR) is 82.2 cm³/mol. The summed E-state index contributed by atoms with van der Waals surface area (Å²) in [6.45, 7) is 8.87. The highest BCUT2D eigenvalue weighted by Gasteiger charge is 2.26. The summed E-state index contributed by atoms with van der Waals surface area (Å²) in [4.78, 5) is 11.2. The van der Waals surface area contributed by atoms with Crippen LogP contribution in [-0.2, 0) is 19.3 Å². The van der Waals surface area contributed by atoms with Gasteiger partial charge in [-0.1, -0.05) is 20.8 Å². The largest absolute Gasteiger partial charge is 0.481 e. The van der Waals surface area contributed by atoms with E-state index in [1.165, 1.54) is 13.0 Å². The highest BCUT2D eigenvalue weighted by atomic mass is 35.7. The van der Waals surface area contributed by atoms with E-state index in [2.05, 4.69) is 0 Å². The molecule has 118 valence electrons. The van der Waals surface area contributed by atoms with Gasteiger partial charge in [0, 0.05) is 16.2 Å². The predicted octanol–water partition coefficient (Wildman–Crippen LogP) is 2.47. The molecule has 1 aromatic carbocycles. The Morgan fingerprint density at radius 1 is 1.33 bits per heavy atom. The van der Waals surface area contributed by atoms with Crippen LogP contribution in [0.4, 0.5) is 0 Å². The van der Waals surface area contributed by atoms with Gasteiger partial charge in [0.25, 0.3) is 15.0 Å². The van der Waals surface area contributed by atoms with Gasteiger partial charge in [0.05, 0.1) is 4.90 Å². The Morgan fingerprint density at radius 2 is 1.86 bits per heavy atom. The summed E-state index contributed by atoms with van der Waals surface area (Å²) in [5, 5.41) is 0. The zero-order valence-electron chi connectivity index (χ0n) is 12.7. The minimum atomic E-state index is -3.85. The lowest BCUT2D eigenvalue weighted by Gasteiger charge is -2.25. The van der Waals surface area contributed by atoms with Crippen LogP contribution >= 0.6 is 10.7 Å². The number of rotatable bonds is 4. The second-order valence-electron chi connectivity index (χ2n) is 5.96. The van der Waals surface area contributed by atoms with Gasteiger partial charge >= 0.3 is 0 Å². The van der Waals surface area contributed by atoms with Crippen molar-refractivity contribution in [3.63, 3.8) is 0 Å². The molecule has 0 spiro atoms. The molecule has 1 unspecified atom stereocenters. The van der Waals surface area contributed by atoms with Gasteiger partial charge < -0.3 is 10.5 Å². The van der Waals surface area contributed by atoms with Crippen molar-refractivity contribution >= 4 is 25.6 Å². The number of hydrogen-bond donors (Lipinski definition) is 1. The Hall–Kier alpha value is -1.27. The molecule has 0 fully saturated rings. The molecule has 1 atom stereocenters. The summed E-state index contributed by atoms with van der Waals surface area (Å²) in [6.07, 6.45) is -0.816. The highest BCUT2D eigenvalue weighted by Crippen LogP contribution is 2.36. The highest BCUT2D eigenvalue weighted by molar-refractivity contribution is 8.13. The number of nitrogens with two attached hydrogens (primary N) is 1. The van der Waals surface area contributed by atoms with E-state index in [-0.39, 0.29) is 4.90 Å². The second kappa shape index (κ2) is 5.85. The monoisotopic (exact) mass is 333 g/mol. The van der Waals surface area contributed by atoms with Crippen molar-refractivity contribution in [1.29, 1.82) is 0 Å². The molecular formula is C14H20ClNO4S. The maximum absolute atomic E-state index is 11.6. The fourth-order valence-electron chi connectivity index (χ4n) is 1.86. The molecule has 1 rings (SSSR count). The normalized spacial score (nSPS) is 13.8. The average molecular weight is 334 g/mol. The molecule has 5 nitrogen and oxygen atoms in total. The molecule has 1 amide bonds. The van der Waals surface area contributed by atoms with E-state index in [0.717, 1.165) is 0 Å². The van der Waals surface area contributed by atoms with E-state index in [1.807, 2.05) is 20.8 Å². The van der Waals surface area contributed by atoms with Crippen molar-refractivity contribution < 1.29 is 17.9 Å². The van der Waals surface area contributed by atoms with Crippen molar-refractivity contribution in [3.05, 3.63) is 23.3 Å². The Kier molecular flexibility index (Phi) is 4.95. The maximum atomic E-state index is 11.6. The van der Waals surface area contributed by atoms with Crippen molar-refractivity contribution in [3.8, 4) is 5.75 Å². The quantitative estimate of drug-likeness (QED) is 0.857. The molecule has 0 aliphatic rings. The first-order valence-corrected chi connectivity index (χ1v) is 8.70. The van der Waals surface area contributed by atoms with Crippen molar-refractivity contribution in [1.82, 2.24) is 0 Å². The topological polar surface area (TPSA) is 86.5 Å². The molecule has 0 aromatic heterocycles. The zero-order valence-corrected chi connectivity index (χ0v) is 14.3. The zero-order chi connectivity index (χ0) is 16.6.